The zero-order chi connectivity index (χ0) is 9.07. The van der Waals surface area contributed by atoms with Crippen molar-refractivity contribution in [3.63, 3.8) is 0 Å². The van der Waals surface area contributed by atoms with Crippen molar-refractivity contribution in [3.05, 3.63) is 10.4 Å². The molecule has 0 radical (unpaired) electrons. The van der Waals surface area contributed by atoms with Crippen LogP contribution in [0.5, 0.6) is 0 Å². The minimum atomic E-state index is -0.964. The predicted molar refractivity (Wildman–Crippen MR) is 46.3 cm³/mol. The quantitative estimate of drug-likeness (QED) is 0.312. The first-order chi connectivity index (χ1) is 4.95. The van der Waals surface area contributed by atoms with Gasteiger partial charge in [0, 0.05) is 4.91 Å². The SMILES string of the molecule is CC(C)[C@](C)(N=[N+]=[N-])C(=O)Br. The Morgan fingerprint density at radius 3 is 2.27 bits per heavy atom. The average molecular weight is 220 g/mol. The van der Waals surface area contributed by atoms with Crippen LogP contribution in [0.1, 0.15) is 20.8 Å². The molecule has 0 heterocycles. The monoisotopic (exact) mass is 219 g/mol. The first-order valence-corrected chi connectivity index (χ1v) is 4.00. The molecule has 0 rings (SSSR count). The summed E-state index contributed by atoms with van der Waals surface area (Å²) in [4.78, 5) is 13.6. The number of carbonyl (C=O) groups excluding carboxylic acids is 1. The summed E-state index contributed by atoms with van der Waals surface area (Å²) >= 11 is 2.79. The van der Waals surface area contributed by atoms with Gasteiger partial charge < -0.3 is 0 Å². The molecule has 0 saturated heterocycles. The van der Waals surface area contributed by atoms with E-state index < -0.39 is 5.54 Å². The van der Waals surface area contributed by atoms with Crippen molar-refractivity contribution in [2.45, 2.75) is 26.3 Å². The van der Waals surface area contributed by atoms with Crippen molar-refractivity contribution >= 4 is 20.6 Å². The molecule has 0 aliphatic rings. The summed E-state index contributed by atoms with van der Waals surface area (Å²) < 4.78 is -0.280. The van der Waals surface area contributed by atoms with Crippen molar-refractivity contribution in [2.24, 2.45) is 11.0 Å². The van der Waals surface area contributed by atoms with Crippen LogP contribution in [0.3, 0.4) is 0 Å². The zero-order valence-electron chi connectivity index (χ0n) is 6.71. The van der Waals surface area contributed by atoms with E-state index in [0.29, 0.717) is 0 Å². The van der Waals surface area contributed by atoms with Gasteiger partial charge >= 0.3 is 0 Å². The minimum Gasteiger partial charge on any atom is -0.286 e. The molecule has 11 heavy (non-hydrogen) atoms. The van der Waals surface area contributed by atoms with Crippen LogP contribution in [0.25, 0.3) is 10.4 Å². The van der Waals surface area contributed by atoms with Gasteiger partial charge in [-0.15, -0.1) is 0 Å². The van der Waals surface area contributed by atoms with Crippen LogP contribution < -0.4 is 0 Å². The molecule has 0 unspecified atom stereocenters. The van der Waals surface area contributed by atoms with Crippen LogP contribution in [-0.4, -0.2) is 10.2 Å². The standard InChI is InChI=1S/C6H10BrN3O/c1-4(2)6(3,5(7)11)9-10-8/h4H,1-3H3/t6-/m0/s1. The molecule has 0 aromatic rings. The maximum absolute atomic E-state index is 10.9. The molecular weight excluding hydrogens is 210 g/mol. The minimum absolute atomic E-state index is 0.00900. The summed E-state index contributed by atoms with van der Waals surface area (Å²) in [7, 11) is 0. The molecule has 0 fully saturated rings. The second-order valence-corrected chi connectivity index (χ2v) is 3.49. The van der Waals surface area contributed by atoms with E-state index in [1.54, 1.807) is 6.92 Å². The highest BCUT2D eigenvalue weighted by Crippen LogP contribution is 2.25. The Hall–Kier alpha value is -0.540. The van der Waals surface area contributed by atoms with Gasteiger partial charge in [0.05, 0.1) is 0 Å². The Kier molecular flexibility index (Phi) is 3.55. The number of halogens is 1. The summed E-state index contributed by atoms with van der Waals surface area (Å²) in [6.07, 6.45) is 0. The van der Waals surface area contributed by atoms with Crippen molar-refractivity contribution in [1.29, 1.82) is 0 Å². The molecule has 0 aliphatic carbocycles. The van der Waals surface area contributed by atoms with E-state index in [4.69, 9.17) is 5.53 Å². The van der Waals surface area contributed by atoms with Crippen LogP contribution in [0.15, 0.2) is 5.11 Å². The smallest absolute Gasteiger partial charge is 0.209 e. The second-order valence-electron chi connectivity index (χ2n) is 2.77. The lowest BCUT2D eigenvalue weighted by molar-refractivity contribution is -0.115. The molecule has 0 aliphatic heterocycles. The molecule has 0 aromatic heterocycles. The lowest BCUT2D eigenvalue weighted by Crippen LogP contribution is -2.34. The summed E-state index contributed by atoms with van der Waals surface area (Å²) in [5.41, 5.74) is 7.22. The molecule has 0 aromatic carbocycles. The van der Waals surface area contributed by atoms with Crippen LogP contribution in [0.4, 0.5) is 0 Å². The van der Waals surface area contributed by atoms with Gasteiger partial charge in [0.2, 0.25) is 4.69 Å². The molecule has 0 bridgehead atoms. The number of rotatable bonds is 3. The second kappa shape index (κ2) is 3.74. The molecule has 0 saturated carbocycles. The highest BCUT2D eigenvalue weighted by Gasteiger charge is 2.33. The van der Waals surface area contributed by atoms with Gasteiger partial charge in [-0.05, 0) is 34.3 Å². The molecule has 1 atom stereocenters. The maximum Gasteiger partial charge on any atom is 0.209 e. The predicted octanol–water partition coefficient (Wildman–Crippen LogP) is 2.63. The number of azide groups is 1. The van der Waals surface area contributed by atoms with E-state index in [1.165, 1.54) is 0 Å². The summed E-state index contributed by atoms with van der Waals surface area (Å²) in [5, 5.41) is 3.44. The van der Waals surface area contributed by atoms with E-state index in [2.05, 4.69) is 26.0 Å². The topological polar surface area (TPSA) is 65.8 Å². The molecular formula is C6H10BrN3O. The lowest BCUT2D eigenvalue weighted by atomic mass is 9.91. The largest absolute Gasteiger partial charge is 0.286 e. The third-order valence-corrected chi connectivity index (χ3v) is 2.58. The van der Waals surface area contributed by atoms with Gasteiger partial charge in [0.1, 0.15) is 5.54 Å². The Bertz CT molecular complexity index is 206. The molecule has 5 heteroatoms. The Morgan fingerprint density at radius 2 is 2.18 bits per heavy atom. The van der Waals surface area contributed by atoms with Gasteiger partial charge in [-0.1, -0.05) is 19.0 Å². The average Bonchev–Trinajstić information content (AvgIpc) is 1.87. The highest BCUT2D eigenvalue weighted by molar-refractivity contribution is 9.18. The summed E-state index contributed by atoms with van der Waals surface area (Å²) in [5.74, 6) is -0.00900. The maximum atomic E-state index is 10.9. The first-order valence-electron chi connectivity index (χ1n) is 3.21. The van der Waals surface area contributed by atoms with Gasteiger partial charge in [0.25, 0.3) is 0 Å². The highest BCUT2D eigenvalue weighted by atomic mass is 79.9. The van der Waals surface area contributed by atoms with Crippen molar-refractivity contribution < 1.29 is 4.79 Å². The van der Waals surface area contributed by atoms with Crippen LogP contribution in [0.2, 0.25) is 0 Å². The van der Waals surface area contributed by atoms with Gasteiger partial charge in [0.15, 0.2) is 0 Å². The van der Waals surface area contributed by atoms with E-state index >= 15 is 0 Å². The lowest BCUT2D eigenvalue weighted by Gasteiger charge is -2.23. The fourth-order valence-corrected chi connectivity index (χ4v) is 1.01. The van der Waals surface area contributed by atoms with Gasteiger partial charge in [-0.25, -0.2) is 0 Å². The number of carbonyl (C=O) groups is 1. The van der Waals surface area contributed by atoms with Crippen LogP contribution >= 0.6 is 15.9 Å². The summed E-state index contributed by atoms with van der Waals surface area (Å²) in [6, 6.07) is 0. The molecule has 4 nitrogen and oxygen atoms in total. The van der Waals surface area contributed by atoms with Crippen LogP contribution in [0, 0.1) is 5.92 Å². The molecule has 0 N–H and O–H groups in total. The number of hydrogen-bond donors (Lipinski definition) is 0. The van der Waals surface area contributed by atoms with Gasteiger partial charge in [-0.2, -0.15) is 0 Å². The molecule has 62 valence electrons. The fraction of sp³-hybridized carbons (Fsp3) is 0.833. The van der Waals surface area contributed by atoms with Crippen molar-refractivity contribution in [1.82, 2.24) is 0 Å². The molecule has 0 spiro atoms. The van der Waals surface area contributed by atoms with Gasteiger partial charge in [-0.3, -0.25) is 4.79 Å². The van der Waals surface area contributed by atoms with E-state index in [-0.39, 0.29) is 10.6 Å². The van der Waals surface area contributed by atoms with Crippen molar-refractivity contribution in [3.8, 4) is 0 Å². The van der Waals surface area contributed by atoms with E-state index in [0.717, 1.165) is 0 Å². The van der Waals surface area contributed by atoms with Crippen LogP contribution in [-0.2, 0) is 4.79 Å². The van der Waals surface area contributed by atoms with E-state index in [9.17, 15) is 4.79 Å². The first kappa shape index (κ1) is 10.5. The zero-order valence-corrected chi connectivity index (χ0v) is 8.29. The third-order valence-electron chi connectivity index (χ3n) is 1.77. The summed E-state index contributed by atoms with van der Waals surface area (Å²) in [6.45, 7) is 5.26. The Labute approximate surface area is 73.7 Å². The Morgan fingerprint density at radius 1 is 1.73 bits per heavy atom. The normalized spacial score (nSPS) is 15.4. The Balaban J connectivity index is 4.81. The number of hydrogen-bond acceptors (Lipinski definition) is 2. The fourth-order valence-electron chi connectivity index (χ4n) is 0.475. The number of nitrogens with zero attached hydrogens (tertiary/aromatic N) is 3. The third kappa shape index (κ3) is 2.20. The van der Waals surface area contributed by atoms with Crippen molar-refractivity contribution in [2.75, 3.05) is 0 Å². The van der Waals surface area contributed by atoms with E-state index in [1.807, 2.05) is 13.8 Å². The molecule has 0 amide bonds.